The minimum Gasteiger partial charge on any atom is -0.352 e. The lowest BCUT2D eigenvalue weighted by molar-refractivity contribution is -0.126. The molecule has 180 valence electrons. The van der Waals surface area contributed by atoms with E-state index < -0.39 is 10.0 Å². The predicted octanol–water partition coefficient (Wildman–Crippen LogP) is 3.22. The van der Waals surface area contributed by atoms with Gasteiger partial charge in [-0.25, -0.2) is 18.1 Å². The molecule has 3 aromatic rings. The van der Waals surface area contributed by atoms with Crippen LogP contribution in [0, 0.1) is 33.6 Å². The van der Waals surface area contributed by atoms with Crippen LogP contribution in [0.4, 0.5) is 0 Å². The normalized spacial score (nSPS) is 15.4. The molecule has 8 nitrogen and oxygen atoms in total. The van der Waals surface area contributed by atoms with Gasteiger partial charge in [-0.15, -0.1) is 0 Å². The second-order valence-electron chi connectivity index (χ2n) is 8.99. The number of sulfonamides is 1. The molecular weight excluding hydrogens is 450 g/mol. The van der Waals surface area contributed by atoms with Gasteiger partial charge in [0.2, 0.25) is 15.9 Å². The number of carbonyl (C=O) groups is 1. The third-order valence-corrected chi connectivity index (χ3v) is 8.98. The molecule has 2 aromatic carbocycles. The lowest BCUT2D eigenvalue weighted by Crippen LogP contribution is -2.43. The van der Waals surface area contributed by atoms with E-state index in [2.05, 4.69) is 15.4 Å². The topological polar surface area (TPSA) is 97.2 Å². The van der Waals surface area contributed by atoms with E-state index in [4.69, 9.17) is 0 Å². The van der Waals surface area contributed by atoms with Crippen LogP contribution in [0.1, 0.15) is 40.7 Å². The Balaban J connectivity index is 1.35. The number of hydrogen-bond acceptors (Lipinski definition) is 5. The molecule has 1 aromatic heterocycles. The van der Waals surface area contributed by atoms with Crippen molar-refractivity contribution in [2.24, 2.45) is 5.92 Å². The molecule has 1 fully saturated rings. The summed E-state index contributed by atoms with van der Waals surface area (Å²) in [5.41, 5.74) is 5.44. The van der Waals surface area contributed by atoms with Gasteiger partial charge in [-0.1, -0.05) is 18.2 Å². The van der Waals surface area contributed by atoms with Crippen molar-refractivity contribution in [3.63, 3.8) is 0 Å². The summed E-state index contributed by atoms with van der Waals surface area (Å²) in [5.74, 6) is -0.224. The van der Waals surface area contributed by atoms with Crippen molar-refractivity contribution in [2.45, 2.75) is 52.0 Å². The van der Waals surface area contributed by atoms with Crippen LogP contribution in [0.3, 0.4) is 0 Å². The summed E-state index contributed by atoms with van der Waals surface area (Å²) in [7, 11) is -3.61. The van der Waals surface area contributed by atoms with E-state index in [0.29, 0.717) is 37.4 Å². The lowest BCUT2D eigenvalue weighted by Gasteiger charge is -2.31. The Bertz CT molecular complexity index is 1250. The van der Waals surface area contributed by atoms with Crippen LogP contribution < -0.4 is 5.32 Å². The quantitative estimate of drug-likeness (QED) is 0.583. The number of aryl methyl sites for hydroxylation is 2. The number of piperidine rings is 1. The Hall–Kier alpha value is -3.04. The maximum Gasteiger partial charge on any atom is 0.243 e. The van der Waals surface area contributed by atoms with Gasteiger partial charge in [-0.3, -0.25) is 4.79 Å². The minimum atomic E-state index is -3.61. The first-order valence-corrected chi connectivity index (χ1v) is 12.9. The van der Waals surface area contributed by atoms with Crippen LogP contribution in [0.5, 0.6) is 0 Å². The molecule has 9 heteroatoms. The Morgan fingerprint density at radius 2 is 1.65 bits per heavy atom. The molecule has 1 saturated heterocycles. The summed E-state index contributed by atoms with van der Waals surface area (Å²) < 4.78 is 30.1. The third-order valence-electron chi connectivity index (χ3n) is 6.81. The van der Waals surface area contributed by atoms with E-state index in [9.17, 15) is 13.2 Å². The number of rotatable bonds is 6. The number of nitrogens with one attached hydrogen (secondary N) is 1. The van der Waals surface area contributed by atoms with Crippen molar-refractivity contribution in [3.8, 4) is 5.69 Å². The third kappa shape index (κ3) is 4.76. The van der Waals surface area contributed by atoms with Crippen LogP contribution in [0.2, 0.25) is 0 Å². The van der Waals surface area contributed by atoms with E-state index in [1.165, 1.54) is 10.6 Å². The fourth-order valence-electron chi connectivity index (χ4n) is 4.50. The molecule has 1 aliphatic rings. The summed E-state index contributed by atoms with van der Waals surface area (Å²) in [4.78, 5) is 17.1. The van der Waals surface area contributed by atoms with Crippen molar-refractivity contribution in [3.05, 3.63) is 70.8 Å². The van der Waals surface area contributed by atoms with Gasteiger partial charge < -0.3 is 5.32 Å². The van der Waals surface area contributed by atoms with E-state index in [1.807, 2.05) is 58.0 Å². The zero-order valence-corrected chi connectivity index (χ0v) is 20.9. The van der Waals surface area contributed by atoms with Crippen LogP contribution >= 0.6 is 0 Å². The fourth-order valence-corrected chi connectivity index (χ4v) is 6.54. The number of amides is 1. The predicted molar refractivity (Wildman–Crippen MR) is 130 cm³/mol. The minimum absolute atomic E-state index is 0.0313. The Morgan fingerprint density at radius 3 is 2.21 bits per heavy atom. The Labute approximate surface area is 201 Å². The van der Waals surface area contributed by atoms with E-state index in [1.54, 1.807) is 11.0 Å². The number of aromatic nitrogens is 3. The van der Waals surface area contributed by atoms with E-state index >= 15 is 0 Å². The summed E-state index contributed by atoms with van der Waals surface area (Å²) in [6, 6.07) is 9.78. The molecule has 4 rings (SSSR count). The summed E-state index contributed by atoms with van der Waals surface area (Å²) in [6.45, 7) is 8.74. The highest BCUT2D eigenvalue weighted by Gasteiger charge is 2.34. The van der Waals surface area contributed by atoms with Crippen molar-refractivity contribution in [2.75, 3.05) is 13.1 Å². The zero-order valence-electron chi connectivity index (χ0n) is 20.1. The molecule has 1 amide bonds. The SMILES string of the molecule is Cc1cc(C)c(C)c(S(=O)(=O)N2CCC(C(=O)NCc3ccc(-n4cncn4)cc3)CC2)c1C. The second-order valence-corrected chi connectivity index (χ2v) is 10.9. The summed E-state index contributed by atoms with van der Waals surface area (Å²) in [5, 5.41) is 7.10. The molecule has 0 unspecified atom stereocenters. The first kappa shape index (κ1) is 24.1. The van der Waals surface area contributed by atoms with Gasteiger partial charge in [-0.05, 0) is 80.5 Å². The van der Waals surface area contributed by atoms with Gasteiger partial charge in [-0.2, -0.15) is 9.40 Å². The molecule has 0 aliphatic carbocycles. The zero-order chi connectivity index (χ0) is 24.5. The summed E-state index contributed by atoms with van der Waals surface area (Å²) >= 11 is 0. The highest BCUT2D eigenvalue weighted by Crippen LogP contribution is 2.31. The van der Waals surface area contributed by atoms with Crippen LogP contribution in [0.15, 0.2) is 47.9 Å². The van der Waals surface area contributed by atoms with Crippen LogP contribution in [-0.4, -0.2) is 46.5 Å². The maximum atomic E-state index is 13.4. The average Bonchev–Trinajstić information content (AvgIpc) is 3.37. The van der Waals surface area contributed by atoms with Gasteiger partial charge >= 0.3 is 0 Å². The van der Waals surface area contributed by atoms with Gasteiger partial charge in [0.15, 0.2) is 0 Å². The second kappa shape index (κ2) is 9.68. The molecule has 0 spiro atoms. The van der Waals surface area contributed by atoms with Gasteiger partial charge in [0.05, 0.1) is 10.6 Å². The van der Waals surface area contributed by atoms with Gasteiger partial charge in [0.25, 0.3) is 0 Å². The first-order valence-electron chi connectivity index (χ1n) is 11.5. The lowest BCUT2D eigenvalue weighted by atomic mass is 9.97. The maximum absolute atomic E-state index is 13.4. The van der Waals surface area contributed by atoms with E-state index in [-0.39, 0.29) is 11.8 Å². The smallest absolute Gasteiger partial charge is 0.243 e. The highest BCUT2D eigenvalue weighted by molar-refractivity contribution is 7.89. The molecule has 0 saturated carbocycles. The summed E-state index contributed by atoms with van der Waals surface area (Å²) in [6.07, 6.45) is 4.14. The number of carbonyl (C=O) groups excluding carboxylic acids is 1. The molecule has 2 heterocycles. The molecule has 1 aliphatic heterocycles. The molecule has 0 atom stereocenters. The number of nitrogens with zero attached hydrogens (tertiary/aromatic N) is 4. The first-order chi connectivity index (χ1) is 16.2. The molecule has 1 N–H and O–H groups in total. The fraction of sp³-hybridized carbons (Fsp3) is 0.400. The number of benzene rings is 2. The van der Waals surface area contributed by atoms with Crippen LogP contribution in [0.25, 0.3) is 5.69 Å². The standard InChI is InChI=1S/C25H31N5O3S/c1-17-13-18(2)20(4)24(19(17)3)34(32,33)29-11-9-22(10-12-29)25(31)27-14-21-5-7-23(8-6-21)30-16-26-15-28-30/h5-8,13,15-16,22H,9-12,14H2,1-4H3,(H,27,31). The molecule has 0 bridgehead atoms. The molecule has 34 heavy (non-hydrogen) atoms. The van der Waals surface area contributed by atoms with E-state index in [0.717, 1.165) is 33.5 Å². The Morgan fingerprint density at radius 1 is 1.03 bits per heavy atom. The molecular formula is C25H31N5O3S. The monoisotopic (exact) mass is 481 g/mol. The van der Waals surface area contributed by atoms with Gasteiger partial charge in [0.1, 0.15) is 12.7 Å². The van der Waals surface area contributed by atoms with Crippen molar-refractivity contribution < 1.29 is 13.2 Å². The van der Waals surface area contributed by atoms with Crippen molar-refractivity contribution in [1.29, 1.82) is 0 Å². The van der Waals surface area contributed by atoms with Gasteiger partial charge in [0, 0.05) is 25.6 Å². The van der Waals surface area contributed by atoms with Crippen molar-refractivity contribution >= 4 is 15.9 Å². The van der Waals surface area contributed by atoms with Crippen molar-refractivity contribution in [1.82, 2.24) is 24.4 Å². The number of hydrogen-bond donors (Lipinski definition) is 1. The largest absolute Gasteiger partial charge is 0.352 e. The average molecular weight is 482 g/mol. The highest BCUT2D eigenvalue weighted by atomic mass is 32.2. The molecule has 0 radical (unpaired) electrons. The Kier molecular flexibility index (Phi) is 6.86. The van der Waals surface area contributed by atoms with Crippen LogP contribution in [-0.2, 0) is 21.4 Å².